The maximum atomic E-state index is 12.1. The van der Waals surface area contributed by atoms with Crippen molar-refractivity contribution in [2.45, 2.75) is 44.2 Å². The van der Waals surface area contributed by atoms with Gasteiger partial charge in [0.1, 0.15) is 0 Å². The Morgan fingerprint density at radius 1 is 1.44 bits per heavy atom. The van der Waals surface area contributed by atoms with Gasteiger partial charge in [-0.2, -0.15) is 0 Å². The van der Waals surface area contributed by atoms with Crippen LogP contribution in [0.15, 0.2) is 15.9 Å². The molecule has 1 saturated carbocycles. The second kappa shape index (κ2) is 6.89. The van der Waals surface area contributed by atoms with E-state index in [0.29, 0.717) is 6.54 Å². The van der Waals surface area contributed by atoms with E-state index in [1.54, 1.807) is 11.3 Å². The van der Waals surface area contributed by atoms with Crippen LogP contribution in [0.5, 0.6) is 0 Å². The van der Waals surface area contributed by atoms with Crippen molar-refractivity contribution in [2.24, 2.45) is 5.73 Å². The minimum atomic E-state index is -0.632. The molecule has 0 radical (unpaired) electrons. The normalized spacial score (nSPS) is 17.9. The maximum Gasteiger partial charge on any atom is 0.240 e. The van der Waals surface area contributed by atoms with Crippen molar-refractivity contribution in [1.82, 2.24) is 5.32 Å². The Morgan fingerprint density at radius 3 is 2.67 bits per heavy atom. The van der Waals surface area contributed by atoms with Gasteiger partial charge in [0.2, 0.25) is 5.91 Å². The highest BCUT2D eigenvalue weighted by atomic mass is 79.9. The first-order chi connectivity index (χ1) is 8.10. The SMILES string of the molecule is Cl.NC1(C(=O)NCc2cc(Br)cs2)CCCCC1. The minimum absolute atomic E-state index is 0. The highest BCUT2D eigenvalue weighted by Crippen LogP contribution is 2.26. The molecule has 0 aliphatic heterocycles. The molecular weight excluding hydrogens is 336 g/mol. The lowest BCUT2D eigenvalue weighted by atomic mass is 9.82. The van der Waals surface area contributed by atoms with Crippen LogP contribution in [0.1, 0.15) is 37.0 Å². The van der Waals surface area contributed by atoms with Gasteiger partial charge in [-0.3, -0.25) is 4.79 Å². The average Bonchev–Trinajstić information content (AvgIpc) is 2.73. The predicted molar refractivity (Wildman–Crippen MR) is 81.1 cm³/mol. The fourth-order valence-corrected chi connectivity index (χ4v) is 3.59. The molecule has 2 rings (SSSR count). The predicted octanol–water partition coefficient (Wildman–Crippen LogP) is 3.21. The van der Waals surface area contributed by atoms with Gasteiger partial charge in [0.15, 0.2) is 0 Å². The Balaban J connectivity index is 0.00000162. The third-order valence-corrected chi connectivity index (χ3v) is 4.94. The molecule has 1 aromatic rings. The third-order valence-electron chi connectivity index (χ3n) is 3.24. The van der Waals surface area contributed by atoms with E-state index in [0.717, 1.165) is 35.0 Å². The molecule has 0 unspecified atom stereocenters. The number of amides is 1. The van der Waals surface area contributed by atoms with Crippen LogP contribution in [-0.4, -0.2) is 11.4 Å². The summed E-state index contributed by atoms with van der Waals surface area (Å²) in [5.74, 6) is 0.00159. The van der Waals surface area contributed by atoms with Crippen molar-refractivity contribution in [3.63, 3.8) is 0 Å². The number of carbonyl (C=O) groups is 1. The molecule has 3 nitrogen and oxygen atoms in total. The van der Waals surface area contributed by atoms with Crippen LogP contribution in [0.2, 0.25) is 0 Å². The van der Waals surface area contributed by atoms with Gasteiger partial charge in [-0.25, -0.2) is 0 Å². The third kappa shape index (κ3) is 3.95. The van der Waals surface area contributed by atoms with Gasteiger partial charge in [-0.15, -0.1) is 23.7 Å². The molecule has 6 heteroatoms. The van der Waals surface area contributed by atoms with Gasteiger partial charge in [0.05, 0.1) is 12.1 Å². The summed E-state index contributed by atoms with van der Waals surface area (Å²) in [4.78, 5) is 13.2. The zero-order chi connectivity index (χ0) is 12.3. The quantitative estimate of drug-likeness (QED) is 0.876. The van der Waals surface area contributed by atoms with Crippen molar-refractivity contribution in [1.29, 1.82) is 0 Å². The highest BCUT2D eigenvalue weighted by Gasteiger charge is 2.34. The fourth-order valence-electron chi connectivity index (χ4n) is 2.20. The number of hydrogen-bond acceptors (Lipinski definition) is 3. The van der Waals surface area contributed by atoms with Gasteiger partial charge >= 0.3 is 0 Å². The van der Waals surface area contributed by atoms with Crippen molar-refractivity contribution in [3.05, 3.63) is 20.8 Å². The Morgan fingerprint density at radius 2 is 2.11 bits per heavy atom. The topological polar surface area (TPSA) is 55.1 Å². The van der Waals surface area contributed by atoms with Crippen LogP contribution in [0, 0.1) is 0 Å². The monoisotopic (exact) mass is 352 g/mol. The summed E-state index contributed by atoms with van der Waals surface area (Å²) in [6, 6.07) is 2.02. The van der Waals surface area contributed by atoms with E-state index in [9.17, 15) is 4.79 Å². The molecule has 0 atom stereocenters. The lowest BCUT2D eigenvalue weighted by molar-refractivity contribution is -0.127. The number of rotatable bonds is 3. The molecule has 1 fully saturated rings. The molecule has 0 aromatic carbocycles. The molecule has 0 bridgehead atoms. The van der Waals surface area contributed by atoms with Crippen LogP contribution in [0.3, 0.4) is 0 Å². The van der Waals surface area contributed by atoms with Crippen LogP contribution in [0.4, 0.5) is 0 Å². The molecule has 1 aliphatic rings. The maximum absolute atomic E-state index is 12.1. The van der Waals surface area contributed by atoms with Crippen molar-refractivity contribution >= 4 is 45.6 Å². The zero-order valence-corrected chi connectivity index (χ0v) is 13.3. The highest BCUT2D eigenvalue weighted by molar-refractivity contribution is 9.10. The lowest BCUT2D eigenvalue weighted by Gasteiger charge is -2.31. The Bertz CT molecular complexity index is 405. The van der Waals surface area contributed by atoms with Gasteiger partial charge in [-0.1, -0.05) is 19.3 Å². The van der Waals surface area contributed by atoms with Crippen LogP contribution >= 0.6 is 39.7 Å². The Labute approximate surface area is 126 Å². The average molecular weight is 354 g/mol. The molecule has 1 heterocycles. The Hall–Kier alpha value is -0.100. The summed E-state index contributed by atoms with van der Waals surface area (Å²) in [5, 5.41) is 4.96. The van der Waals surface area contributed by atoms with E-state index < -0.39 is 5.54 Å². The van der Waals surface area contributed by atoms with Crippen molar-refractivity contribution in [2.75, 3.05) is 0 Å². The standard InChI is InChI=1S/C12H17BrN2OS.ClH/c13-9-6-10(17-8-9)7-15-11(16)12(14)4-2-1-3-5-12;/h6,8H,1-5,7,14H2,(H,15,16);1H. The first-order valence-electron chi connectivity index (χ1n) is 5.90. The summed E-state index contributed by atoms with van der Waals surface area (Å²) < 4.78 is 1.06. The minimum Gasteiger partial charge on any atom is -0.350 e. The second-order valence-corrected chi connectivity index (χ2v) is 6.54. The summed E-state index contributed by atoms with van der Waals surface area (Å²) in [7, 11) is 0. The van der Waals surface area contributed by atoms with Gasteiger partial charge in [0, 0.05) is 14.7 Å². The largest absolute Gasteiger partial charge is 0.350 e. The van der Waals surface area contributed by atoms with Gasteiger partial charge in [0.25, 0.3) is 0 Å². The molecular formula is C12H18BrClN2OS. The molecule has 102 valence electrons. The van der Waals surface area contributed by atoms with E-state index in [1.165, 1.54) is 6.42 Å². The van der Waals surface area contributed by atoms with E-state index in [4.69, 9.17) is 5.73 Å². The van der Waals surface area contributed by atoms with Crippen molar-refractivity contribution < 1.29 is 4.79 Å². The number of nitrogens with two attached hydrogens (primary N) is 1. The molecule has 3 N–H and O–H groups in total. The summed E-state index contributed by atoms with van der Waals surface area (Å²) >= 11 is 5.03. The second-order valence-electron chi connectivity index (χ2n) is 4.63. The molecule has 0 spiro atoms. The van der Waals surface area contributed by atoms with E-state index >= 15 is 0 Å². The first kappa shape index (κ1) is 16.0. The van der Waals surface area contributed by atoms with Crippen molar-refractivity contribution in [3.8, 4) is 0 Å². The summed E-state index contributed by atoms with van der Waals surface area (Å²) in [6.07, 6.45) is 4.95. The number of nitrogens with one attached hydrogen (secondary N) is 1. The molecule has 0 saturated heterocycles. The zero-order valence-electron chi connectivity index (χ0n) is 10.1. The Kier molecular flexibility index (Phi) is 6.11. The van der Waals surface area contributed by atoms with E-state index in [1.807, 2.05) is 11.4 Å². The van der Waals surface area contributed by atoms with Crippen LogP contribution in [0.25, 0.3) is 0 Å². The summed E-state index contributed by atoms with van der Waals surface area (Å²) in [6.45, 7) is 0.577. The van der Waals surface area contributed by atoms with Gasteiger partial charge in [-0.05, 0) is 34.8 Å². The smallest absolute Gasteiger partial charge is 0.240 e. The molecule has 1 aromatic heterocycles. The molecule has 1 aliphatic carbocycles. The van der Waals surface area contributed by atoms with Crippen LogP contribution < -0.4 is 11.1 Å². The number of thiophene rings is 1. The number of halogens is 2. The first-order valence-corrected chi connectivity index (χ1v) is 7.57. The number of hydrogen-bond donors (Lipinski definition) is 2. The van der Waals surface area contributed by atoms with E-state index in [-0.39, 0.29) is 18.3 Å². The molecule has 1 amide bonds. The summed E-state index contributed by atoms with van der Waals surface area (Å²) in [5.41, 5.74) is 5.52. The fraction of sp³-hybridized carbons (Fsp3) is 0.583. The number of carbonyl (C=O) groups excluding carboxylic acids is 1. The lowest BCUT2D eigenvalue weighted by Crippen LogP contribution is -2.54. The van der Waals surface area contributed by atoms with E-state index in [2.05, 4.69) is 21.2 Å². The van der Waals surface area contributed by atoms with Gasteiger partial charge < -0.3 is 11.1 Å². The van der Waals surface area contributed by atoms with Crippen LogP contribution in [-0.2, 0) is 11.3 Å². The molecule has 18 heavy (non-hydrogen) atoms.